The molecule has 0 saturated carbocycles. The van der Waals surface area contributed by atoms with Gasteiger partial charge in [-0.1, -0.05) is 6.92 Å². The second kappa shape index (κ2) is 4.75. The van der Waals surface area contributed by atoms with E-state index in [0.717, 1.165) is 19.1 Å². The van der Waals surface area contributed by atoms with Crippen molar-refractivity contribution in [2.24, 2.45) is 0 Å². The number of carbonyl (C=O) groups excluding carboxylic acids is 1. The molecule has 0 bridgehead atoms. The third-order valence-corrected chi connectivity index (χ3v) is 2.50. The summed E-state index contributed by atoms with van der Waals surface area (Å²) in [6.45, 7) is 2.54. The van der Waals surface area contributed by atoms with Gasteiger partial charge in [0.25, 0.3) is 5.69 Å². The van der Waals surface area contributed by atoms with Crippen molar-refractivity contribution in [1.82, 2.24) is 0 Å². The van der Waals surface area contributed by atoms with Gasteiger partial charge in [0.2, 0.25) is 0 Å². The van der Waals surface area contributed by atoms with Gasteiger partial charge in [-0.15, -0.1) is 0 Å². The monoisotopic (exact) mass is 261 g/mol. The molecule has 0 N–H and O–H groups in total. The zero-order valence-electron chi connectivity index (χ0n) is 9.67. The first-order valence-electron chi connectivity index (χ1n) is 5.08. The van der Waals surface area contributed by atoms with Crippen molar-refractivity contribution < 1.29 is 22.9 Å². The van der Waals surface area contributed by atoms with Crippen LogP contribution in [-0.4, -0.2) is 10.7 Å². The normalized spacial score (nSPS) is 11.4. The van der Waals surface area contributed by atoms with Gasteiger partial charge in [-0.05, 0) is 25.0 Å². The van der Waals surface area contributed by atoms with Gasteiger partial charge in [0.15, 0.2) is 5.78 Å². The molecule has 0 aromatic heterocycles. The van der Waals surface area contributed by atoms with Crippen LogP contribution in [0.1, 0.15) is 35.3 Å². The van der Waals surface area contributed by atoms with Gasteiger partial charge in [0.1, 0.15) is 5.56 Å². The molecule has 0 saturated heterocycles. The third-order valence-electron chi connectivity index (χ3n) is 2.50. The van der Waals surface area contributed by atoms with Crippen molar-refractivity contribution in [2.75, 3.05) is 0 Å². The molecule has 0 aliphatic heterocycles. The van der Waals surface area contributed by atoms with Crippen LogP contribution in [0.2, 0.25) is 0 Å². The minimum absolute atomic E-state index is 0.106. The Hall–Kier alpha value is -1.92. The van der Waals surface area contributed by atoms with Crippen molar-refractivity contribution in [2.45, 2.75) is 26.4 Å². The fraction of sp³-hybridized carbons (Fsp3) is 0.364. The van der Waals surface area contributed by atoms with Crippen LogP contribution in [0.3, 0.4) is 0 Å². The van der Waals surface area contributed by atoms with Crippen LogP contribution in [0.15, 0.2) is 12.1 Å². The fourth-order valence-corrected chi connectivity index (χ4v) is 1.80. The van der Waals surface area contributed by atoms with Crippen LogP contribution >= 0.6 is 0 Å². The number of alkyl halides is 3. The van der Waals surface area contributed by atoms with Gasteiger partial charge < -0.3 is 0 Å². The second-order valence-electron chi connectivity index (χ2n) is 3.65. The van der Waals surface area contributed by atoms with Crippen molar-refractivity contribution in [1.29, 1.82) is 0 Å². The molecule has 1 rings (SSSR count). The Morgan fingerprint density at radius 2 is 1.94 bits per heavy atom. The topological polar surface area (TPSA) is 60.2 Å². The lowest BCUT2D eigenvalue weighted by molar-refractivity contribution is -0.388. The lowest BCUT2D eigenvalue weighted by Crippen LogP contribution is -2.15. The molecule has 0 radical (unpaired) electrons. The quantitative estimate of drug-likeness (QED) is 0.476. The van der Waals surface area contributed by atoms with Crippen LogP contribution < -0.4 is 0 Å². The molecular weight excluding hydrogens is 251 g/mol. The van der Waals surface area contributed by atoms with Crippen molar-refractivity contribution in [3.05, 3.63) is 38.9 Å². The minimum atomic E-state index is -4.86. The molecule has 0 amide bonds. The maximum Gasteiger partial charge on any atom is 0.423 e. The number of nitrogens with zero attached hydrogens (tertiary/aromatic N) is 1. The number of nitro benzene ring substituents is 1. The molecule has 0 spiro atoms. The van der Waals surface area contributed by atoms with Crippen LogP contribution in [0.25, 0.3) is 0 Å². The molecule has 0 unspecified atom stereocenters. The summed E-state index contributed by atoms with van der Waals surface area (Å²) in [4.78, 5) is 20.8. The van der Waals surface area contributed by atoms with E-state index in [2.05, 4.69) is 0 Å². The summed E-state index contributed by atoms with van der Waals surface area (Å²) in [5.74, 6) is -0.549. The van der Waals surface area contributed by atoms with Crippen LogP contribution in [-0.2, 0) is 12.6 Å². The molecule has 0 heterocycles. The van der Waals surface area contributed by atoms with E-state index in [1.54, 1.807) is 0 Å². The number of halogens is 3. The number of hydrogen-bond acceptors (Lipinski definition) is 3. The lowest BCUT2D eigenvalue weighted by Gasteiger charge is -2.14. The van der Waals surface area contributed by atoms with Gasteiger partial charge in [-0.25, -0.2) is 0 Å². The van der Waals surface area contributed by atoms with E-state index in [-0.39, 0.29) is 17.5 Å². The maximum atomic E-state index is 12.9. The Balaban J connectivity index is 3.73. The van der Waals surface area contributed by atoms with Crippen LogP contribution in [0.4, 0.5) is 18.9 Å². The molecule has 4 nitrogen and oxygen atoms in total. The molecule has 18 heavy (non-hydrogen) atoms. The average molecular weight is 261 g/mol. The van der Waals surface area contributed by atoms with Crippen molar-refractivity contribution >= 4 is 11.5 Å². The number of ketones is 1. The highest BCUT2D eigenvalue weighted by atomic mass is 19.4. The molecule has 7 heteroatoms. The van der Waals surface area contributed by atoms with E-state index < -0.39 is 28.1 Å². The van der Waals surface area contributed by atoms with Gasteiger partial charge in [-0.2, -0.15) is 13.2 Å². The summed E-state index contributed by atoms with van der Waals surface area (Å²) in [5, 5.41) is 10.6. The zero-order chi connectivity index (χ0) is 14.1. The number of benzene rings is 1. The molecule has 0 aliphatic carbocycles. The summed E-state index contributed by atoms with van der Waals surface area (Å²) < 4.78 is 38.7. The largest absolute Gasteiger partial charge is 0.423 e. The van der Waals surface area contributed by atoms with Gasteiger partial charge in [-0.3, -0.25) is 14.9 Å². The van der Waals surface area contributed by atoms with Crippen molar-refractivity contribution in [3.63, 3.8) is 0 Å². The summed E-state index contributed by atoms with van der Waals surface area (Å²) in [7, 11) is 0. The predicted octanol–water partition coefficient (Wildman–Crippen LogP) is 3.38. The van der Waals surface area contributed by atoms with Gasteiger partial charge in [0.05, 0.1) is 4.92 Å². The first kappa shape index (κ1) is 14.1. The van der Waals surface area contributed by atoms with E-state index in [1.807, 2.05) is 0 Å². The lowest BCUT2D eigenvalue weighted by atomic mass is 9.94. The molecule has 0 aliphatic rings. The molecule has 0 atom stereocenters. The number of rotatable bonds is 3. The Labute approximate surface area is 101 Å². The standard InChI is InChI=1S/C11H10F3NO3/c1-3-7-8(6(2)16)4-5-9(15(17)18)10(7)11(12,13)14/h4-5H,3H2,1-2H3. The summed E-state index contributed by atoms with van der Waals surface area (Å²) >= 11 is 0. The summed E-state index contributed by atoms with van der Waals surface area (Å²) in [6, 6.07) is 1.78. The Bertz CT molecular complexity index is 509. The van der Waals surface area contributed by atoms with Crippen LogP contribution in [0, 0.1) is 10.1 Å². The Kier molecular flexibility index (Phi) is 3.73. The Morgan fingerprint density at radius 1 is 1.39 bits per heavy atom. The number of nitro groups is 1. The number of carbonyl (C=O) groups is 1. The molecular formula is C11H10F3NO3. The zero-order valence-corrected chi connectivity index (χ0v) is 9.67. The van der Waals surface area contributed by atoms with Crippen LogP contribution in [0.5, 0.6) is 0 Å². The molecule has 98 valence electrons. The van der Waals surface area contributed by atoms with E-state index >= 15 is 0 Å². The van der Waals surface area contributed by atoms with Gasteiger partial charge >= 0.3 is 6.18 Å². The predicted molar refractivity (Wildman–Crippen MR) is 57.5 cm³/mol. The number of hydrogen-bond donors (Lipinski definition) is 0. The van der Waals surface area contributed by atoms with E-state index in [0.29, 0.717) is 0 Å². The average Bonchev–Trinajstić information content (AvgIpc) is 2.25. The van der Waals surface area contributed by atoms with Gasteiger partial charge in [0, 0.05) is 11.6 Å². The van der Waals surface area contributed by atoms with Crippen molar-refractivity contribution in [3.8, 4) is 0 Å². The first-order valence-corrected chi connectivity index (χ1v) is 5.08. The number of Topliss-reactive ketones (excluding diaryl/α,β-unsaturated/α-hetero) is 1. The maximum absolute atomic E-state index is 12.9. The second-order valence-corrected chi connectivity index (χ2v) is 3.65. The minimum Gasteiger partial charge on any atom is -0.295 e. The SMILES string of the molecule is CCc1c(C(C)=O)ccc([N+](=O)[O-])c1C(F)(F)F. The van der Waals surface area contributed by atoms with E-state index in [1.165, 1.54) is 6.92 Å². The smallest absolute Gasteiger partial charge is 0.295 e. The van der Waals surface area contributed by atoms with E-state index in [9.17, 15) is 28.1 Å². The third kappa shape index (κ3) is 2.49. The molecule has 1 aromatic rings. The highest BCUT2D eigenvalue weighted by Gasteiger charge is 2.41. The summed E-state index contributed by atoms with van der Waals surface area (Å²) in [6.07, 6.45) is -4.97. The Morgan fingerprint density at radius 3 is 2.28 bits per heavy atom. The van der Waals surface area contributed by atoms with E-state index in [4.69, 9.17) is 0 Å². The molecule has 1 aromatic carbocycles. The highest BCUT2D eigenvalue weighted by molar-refractivity contribution is 5.96. The highest BCUT2D eigenvalue weighted by Crippen LogP contribution is 2.40. The summed E-state index contributed by atoms with van der Waals surface area (Å²) in [5.41, 5.74) is -2.81. The first-order chi connectivity index (χ1) is 8.20. The fourth-order valence-electron chi connectivity index (χ4n) is 1.80. The molecule has 0 fully saturated rings.